The zero-order chi connectivity index (χ0) is 17.3. The first kappa shape index (κ1) is 16.8. The average molecular weight is 354 g/mol. The van der Waals surface area contributed by atoms with E-state index in [1.54, 1.807) is 0 Å². The molecule has 0 bridgehead atoms. The van der Waals surface area contributed by atoms with Crippen molar-refractivity contribution in [1.82, 2.24) is 10.2 Å². The molecule has 0 aromatic rings. The van der Waals surface area contributed by atoms with Gasteiger partial charge in [-0.05, 0) is 6.42 Å². The predicted molar refractivity (Wildman–Crippen MR) is 84.2 cm³/mol. The van der Waals surface area contributed by atoms with E-state index in [0.717, 1.165) is 0 Å². The Labute approximate surface area is 142 Å². The minimum Gasteiger partial charge on any atom is -0.430 e. The number of aliphatic hydroxyl groups is 1. The highest BCUT2D eigenvalue weighted by atomic mass is 32.2. The molecule has 2 saturated heterocycles. The molecule has 3 aliphatic rings. The molecule has 0 saturated carbocycles. The first-order valence-corrected chi connectivity index (χ1v) is 8.51. The Morgan fingerprint density at radius 3 is 2.92 bits per heavy atom. The number of β-lactam (4-membered cyclic amide) rings is 1. The van der Waals surface area contributed by atoms with E-state index in [-0.39, 0.29) is 42.3 Å². The second-order valence-electron chi connectivity index (χ2n) is 5.69. The van der Waals surface area contributed by atoms with Crippen LogP contribution in [0.2, 0.25) is 0 Å². The highest BCUT2D eigenvalue weighted by Crippen LogP contribution is 2.51. The lowest BCUT2D eigenvalue weighted by molar-refractivity contribution is -0.152. The number of amides is 2. The molecule has 130 valence electrons. The van der Waals surface area contributed by atoms with Crippen LogP contribution in [0.15, 0.2) is 23.4 Å². The van der Waals surface area contributed by atoms with Gasteiger partial charge in [0, 0.05) is 18.9 Å². The highest BCUT2D eigenvalue weighted by molar-refractivity contribution is 8.04. The summed E-state index contributed by atoms with van der Waals surface area (Å²) in [4.78, 5) is 37.3. The minimum absolute atomic E-state index is 0.00388. The van der Waals surface area contributed by atoms with Crippen molar-refractivity contribution < 1.29 is 29.0 Å². The van der Waals surface area contributed by atoms with Gasteiger partial charge in [0.15, 0.2) is 0 Å². The molecule has 0 spiro atoms. The van der Waals surface area contributed by atoms with Crippen LogP contribution >= 0.6 is 11.8 Å². The first-order valence-electron chi connectivity index (χ1n) is 7.63. The van der Waals surface area contributed by atoms with E-state index in [9.17, 15) is 19.5 Å². The molecule has 2 amide bonds. The normalized spacial score (nSPS) is 28.4. The average Bonchev–Trinajstić information content (AvgIpc) is 3.08. The summed E-state index contributed by atoms with van der Waals surface area (Å²) in [6.07, 6.45) is 2.12. The summed E-state index contributed by atoms with van der Waals surface area (Å²) in [5.74, 6) is -0.653. The summed E-state index contributed by atoms with van der Waals surface area (Å²) in [5, 5.41) is 11.9. The highest BCUT2D eigenvalue weighted by Gasteiger charge is 2.55. The van der Waals surface area contributed by atoms with E-state index in [4.69, 9.17) is 9.47 Å². The van der Waals surface area contributed by atoms with Gasteiger partial charge in [0.25, 0.3) is 0 Å². The van der Waals surface area contributed by atoms with Crippen molar-refractivity contribution in [2.45, 2.75) is 30.7 Å². The quantitative estimate of drug-likeness (QED) is 0.411. The third-order valence-corrected chi connectivity index (χ3v) is 5.49. The summed E-state index contributed by atoms with van der Waals surface area (Å²) in [6.45, 7) is 3.19. The van der Waals surface area contributed by atoms with Crippen LogP contribution in [-0.2, 0) is 19.1 Å². The molecule has 3 heterocycles. The number of carbonyl (C=O) groups excluding carboxylic acids is 3. The van der Waals surface area contributed by atoms with E-state index < -0.39 is 12.1 Å². The molecule has 0 unspecified atom stereocenters. The Bertz CT molecular complexity index is 619. The van der Waals surface area contributed by atoms with Crippen LogP contribution in [0.1, 0.15) is 19.3 Å². The fraction of sp³-hybridized carbons (Fsp3) is 0.533. The van der Waals surface area contributed by atoms with Gasteiger partial charge < -0.3 is 19.9 Å². The van der Waals surface area contributed by atoms with Gasteiger partial charge in [-0.1, -0.05) is 24.4 Å². The summed E-state index contributed by atoms with van der Waals surface area (Å²) in [5.41, 5.74) is 0. The molecule has 2 N–H and O–H groups in total. The van der Waals surface area contributed by atoms with E-state index in [1.807, 2.05) is 0 Å². The van der Waals surface area contributed by atoms with Crippen LogP contribution in [-0.4, -0.2) is 52.6 Å². The van der Waals surface area contributed by atoms with Crippen molar-refractivity contribution in [3.63, 3.8) is 0 Å². The van der Waals surface area contributed by atoms with Crippen molar-refractivity contribution >= 4 is 29.7 Å². The molecule has 9 heteroatoms. The van der Waals surface area contributed by atoms with Gasteiger partial charge in [-0.3, -0.25) is 14.5 Å². The monoisotopic (exact) mass is 354 g/mol. The fourth-order valence-corrected chi connectivity index (χ4v) is 4.41. The number of hydrogen-bond donors (Lipinski definition) is 2. The number of nitrogens with one attached hydrogen (secondary N) is 1. The van der Waals surface area contributed by atoms with Crippen LogP contribution in [0.4, 0.5) is 4.79 Å². The van der Waals surface area contributed by atoms with E-state index >= 15 is 0 Å². The second-order valence-corrected chi connectivity index (χ2v) is 6.90. The number of fused-ring (bicyclic) bond motifs is 1. The summed E-state index contributed by atoms with van der Waals surface area (Å²) in [6, 6.07) is -0.0517. The van der Waals surface area contributed by atoms with Crippen molar-refractivity contribution in [3.8, 4) is 0 Å². The molecule has 3 rings (SSSR count). The SMILES string of the molecule is C=CCOC(=O)OC1=C(C[C@@H]2CCC(=O)N2)S[C@@H]2[C@@H](CO)C(=O)N12. The summed E-state index contributed by atoms with van der Waals surface area (Å²) >= 11 is 1.38. The van der Waals surface area contributed by atoms with E-state index in [0.29, 0.717) is 24.2 Å². The topological polar surface area (TPSA) is 105 Å². The molecule has 0 aromatic carbocycles. The van der Waals surface area contributed by atoms with Crippen molar-refractivity contribution in [1.29, 1.82) is 0 Å². The number of aliphatic hydroxyl groups excluding tert-OH is 1. The number of carbonyl (C=O) groups is 3. The molecular weight excluding hydrogens is 336 g/mol. The Balaban J connectivity index is 1.75. The second kappa shape index (κ2) is 6.86. The third kappa shape index (κ3) is 3.01. The molecular formula is C15H18N2O6S. The lowest BCUT2D eigenvalue weighted by Gasteiger charge is -2.40. The molecule has 24 heavy (non-hydrogen) atoms. The molecule has 8 nitrogen and oxygen atoms in total. The van der Waals surface area contributed by atoms with Crippen LogP contribution < -0.4 is 5.32 Å². The van der Waals surface area contributed by atoms with Crippen molar-refractivity contribution in [3.05, 3.63) is 23.4 Å². The van der Waals surface area contributed by atoms with Crippen molar-refractivity contribution in [2.75, 3.05) is 13.2 Å². The van der Waals surface area contributed by atoms with Gasteiger partial charge in [0.2, 0.25) is 17.7 Å². The molecule has 0 aromatic heterocycles. The minimum atomic E-state index is -0.917. The van der Waals surface area contributed by atoms with Gasteiger partial charge in [-0.25, -0.2) is 4.79 Å². The zero-order valence-electron chi connectivity index (χ0n) is 12.9. The molecule has 0 radical (unpaired) electrons. The van der Waals surface area contributed by atoms with Gasteiger partial charge >= 0.3 is 6.16 Å². The van der Waals surface area contributed by atoms with Crippen molar-refractivity contribution in [2.24, 2.45) is 5.92 Å². The predicted octanol–water partition coefficient (Wildman–Crippen LogP) is 0.687. The number of thioether (sulfide) groups is 1. The molecule has 0 aliphatic carbocycles. The zero-order valence-corrected chi connectivity index (χ0v) is 13.7. The first-order chi connectivity index (χ1) is 11.5. The fourth-order valence-electron chi connectivity index (χ4n) is 2.90. The largest absolute Gasteiger partial charge is 0.515 e. The summed E-state index contributed by atoms with van der Waals surface area (Å²) in [7, 11) is 0. The lowest BCUT2D eigenvalue weighted by atomic mass is 10.00. The van der Waals surface area contributed by atoms with Crippen LogP contribution in [0.25, 0.3) is 0 Å². The molecule has 3 atom stereocenters. The van der Waals surface area contributed by atoms with Gasteiger partial charge in [0.05, 0.1) is 17.4 Å². The summed E-state index contributed by atoms with van der Waals surface area (Å²) < 4.78 is 10.0. The smallest absolute Gasteiger partial charge is 0.430 e. The van der Waals surface area contributed by atoms with Crippen LogP contribution in [0, 0.1) is 5.92 Å². The number of rotatable bonds is 6. The maximum atomic E-state index is 12.1. The van der Waals surface area contributed by atoms with Gasteiger partial charge in [0.1, 0.15) is 12.0 Å². The number of nitrogens with zero attached hydrogens (tertiary/aromatic N) is 1. The molecule has 2 fully saturated rings. The Morgan fingerprint density at radius 1 is 1.50 bits per heavy atom. The molecule has 3 aliphatic heterocycles. The number of ether oxygens (including phenoxy) is 2. The van der Waals surface area contributed by atoms with E-state index in [1.165, 1.54) is 22.7 Å². The maximum Gasteiger partial charge on any atom is 0.515 e. The van der Waals surface area contributed by atoms with E-state index in [2.05, 4.69) is 11.9 Å². The lowest BCUT2D eigenvalue weighted by Crippen LogP contribution is -2.58. The van der Waals surface area contributed by atoms with Crippen LogP contribution in [0.3, 0.4) is 0 Å². The number of hydrogen-bond acceptors (Lipinski definition) is 7. The maximum absolute atomic E-state index is 12.1. The van der Waals surface area contributed by atoms with Gasteiger partial charge in [-0.15, -0.1) is 0 Å². The Hall–Kier alpha value is -2.00. The standard InChI is InChI=1S/C15H18N2O6S/c1-2-5-22-15(21)23-13-10(6-8-3-4-11(19)16-8)24-14-9(7-18)12(20)17(13)14/h2,8-9,14,18H,1,3-7H2,(H,16,19)/t8-,9-,14+/m0/s1. The third-order valence-electron chi connectivity index (χ3n) is 4.09. The van der Waals surface area contributed by atoms with Gasteiger partial charge in [-0.2, -0.15) is 0 Å². The Kier molecular flexibility index (Phi) is 4.81. The van der Waals surface area contributed by atoms with Crippen LogP contribution in [0.5, 0.6) is 0 Å². The Morgan fingerprint density at radius 2 is 2.29 bits per heavy atom.